The molecule has 4 aromatic rings. The Labute approximate surface area is 244 Å². The maximum Gasteiger partial charge on any atom is 0.266 e. The predicted octanol–water partition coefficient (Wildman–Crippen LogP) is 7.86. The number of ether oxygens (including phenoxy) is 1. The van der Waals surface area contributed by atoms with Gasteiger partial charge >= 0.3 is 0 Å². The summed E-state index contributed by atoms with van der Waals surface area (Å²) in [6.45, 7) is 6.23. The summed E-state index contributed by atoms with van der Waals surface area (Å²) in [6, 6.07) is 13.8. The van der Waals surface area contributed by atoms with E-state index in [0.29, 0.717) is 32.6 Å². The van der Waals surface area contributed by atoms with Crippen molar-refractivity contribution in [3.05, 3.63) is 80.7 Å². The SMILES string of the molecule is CN[C@H]1CC[C@H](N(Cc2cc(-c3cc(C)nc(C)c3)ccc2OC)C(=O)c2sc3c(F)ccc(C)c3c2Cl)CC1. The van der Waals surface area contributed by atoms with E-state index in [1.807, 2.05) is 44.9 Å². The molecule has 8 heteroatoms. The fourth-order valence-corrected chi connectivity index (χ4v) is 7.49. The number of carbonyl (C=O) groups excluding carboxylic acids is 1. The van der Waals surface area contributed by atoms with Crippen LogP contribution in [0.2, 0.25) is 5.02 Å². The van der Waals surface area contributed by atoms with Crippen molar-refractivity contribution in [2.75, 3.05) is 14.2 Å². The van der Waals surface area contributed by atoms with E-state index in [0.717, 1.165) is 76.4 Å². The number of pyridine rings is 1. The zero-order valence-electron chi connectivity index (χ0n) is 23.6. The minimum Gasteiger partial charge on any atom is -0.496 e. The van der Waals surface area contributed by atoms with E-state index in [4.69, 9.17) is 16.3 Å². The van der Waals surface area contributed by atoms with Crippen LogP contribution in [0.4, 0.5) is 4.39 Å². The van der Waals surface area contributed by atoms with Crippen molar-refractivity contribution in [2.45, 2.75) is 65.1 Å². The molecule has 40 heavy (non-hydrogen) atoms. The third-order valence-corrected chi connectivity index (χ3v) is 9.65. The molecule has 1 N–H and O–H groups in total. The first kappa shape index (κ1) is 28.5. The van der Waals surface area contributed by atoms with Crippen LogP contribution in [-0.4, -0.2) is 42.0 Å². The molecule has 1 amide bonds. The van der Waals surface area contributed by atoms with Gasteiger partial charge in [-0.3, -0.25) is 9.78 Å². The zero-order chi connectivity index (χ0) is 28.6. The first-order valence-electron chi connectivity index (χ1n) is 13.7. The Morgan fingerprint density at radius 2 is 1.77 bits per heavy atom. The minimum absolute atomic E-state index is 0.0306. The van der Waals surface area contributed by atoms with Crippen molar-refractivity contribution < 1.29 is 13.9 Å². The van der Waals surface area contributed by atoms with Crippen LogP contribution in [0.15, 0.2) is 42.5 Å². The normalized spacial score (nSPS) is 17.3. The molecule has 0 atom stereocenters. The summed E-state index contributed by atoms with van der Waals surface area (Å²) in [5.74, 6) is 0.197. The smallest absolute Gasteiger partial charge is 0.266 e. The second-order valence-electron chi connectivity index (χ2n) is 10.7. The number of fused-ring (bicyclic) bond motifs is 1. The molecule has 1 aliphatic rings. The molecule has 1 aliphatic carbocycles. The molecule has 5 rings (SSSR count). The van der Waals surface area contributed by atoms with Crippen molar-refractivity contribution in [3.8, 4) is 16.9 Å². The average molecular weight is 580 g/mol. The van der Waals surface area contributed by atoms with Gasteiger partial charge in [0.15, 0.2) is 0 Å². The van der Waals surface area contributed by atoms with E-state index in [1.165, 1.54) is 6.07 Å². The van der Waals surface area contributed by atoms with Crippen LogP contribution in [0, 0.1) is 26.6 Å². The fraction of sp³-hybridized carbons (Fsp3) is 0.375. The number of thiophene rings is 1. The maximum atomic E-state index is 14.8. The second kappa shape index (κ2) is 11.9. The van der Waals surface area contributed by atoms with Crippen molar-refractivity contribution in [3.63, 3.8) is 0 Å². The van der Waals surface area contributed by atoms with Crippen LogP contribution in [0.5, 0.6) is 5.75 Å². The highest BCUT2D eigenvalue weighted by Gasteiger charge is 2.32. The summed E-state index contributed by atoms with van der Waals surface area (Å²) < 4.78 is 21.0. The van der Waals surface area contributed by atoms with Crippen LogP contribution >= 0.6 is 22.9 Å². The molecule has 2 heterocycles. The summed E-state index contributed by atoms with van der Waals surface area (Å²) in [7, 11) is 3.64. The number of aryl methyl sites for hydroxylation is 3. The molecule has 2 aromatic heterocycles. The van der Waals surface area contributed by atoms with E-state index in [2.05, 4.69) is 28.5 Å². The highest BCUT2D eigenvalue weighted by atomic mass is 35.5. The topological polar surface area (TPSA) is 54.5 Å². The first-order valence-corrected chi connectivity index (χ1v) is 14.9. The number of rotatable bonds is 7. The van der Waals surface area contributed by atoms with Gasteiger partial charge in [0.2, 0.25) is 0 Å². The van der Waals surface area contributed by atoms with E-state index < -0.39 is 0 Å². The molecular weight excluding hydrogens is 545 g/mol. The third-order valence-electron chi connectivity index (χ3n) is 7.98. The molecule has 0 saturated heterocycles. The lowest BCUT2D eigenvalue weighted by Gasteiger charge is -2.37. The van der Waals surface area contributed by atoms with E-state index in [1.54, 1.807) is 13.2 Å². The molecule has 2 aromatic carbocycles. The molecule has 5 nitrogen and oxygen atoms in total. The molecule has 0 unspecified atom stereocenters. The number of benzene rings is 2. The zero-order valence-corrected chi connectivity index (χ0v) is 25.2. The summed E-state index contributed by atoms with van der Waals surface area (Å²) in [5, 5.41) is 4.33. The number of amides is 1. The van der Waals surface area contributed by atoms with Gasteiger partial charge < -0.3 is 15.0 Å². The summed E-state index contributed by atoms with van der Waals surface area (Å²) in [5.41, 5.74) is 5.78. The molecule has 0 bridgehead atoms. The van der Waals surface area contributed by atoms with Crippen molar-refractivity contribution in [1.29, 1.82) is 0 Å². The monoisotopic (exact) mass is 579 g/mol. The van der Waals surface area contributed by atoms with Crippen molar-refractivity contribution >= 4 is 38.9 Å². The average Bonchev–Trinajstić information content (AvgIpc) is 3.31. The largest absolute Gasteiger partial charge is 0.496 e. The van der Waals surface area contributed by atoms with Gasteiger partial charge in [0.25, 0.3) is 5.91 Å². The van der Waals surface area contributed by atoms with Crippen LogP contribution in [0.25, 0.3) is 21.2 Å². The molecule has 1 saturated carbocycles. The number of hydrogen-bond donors (Lipinski definition) is 1. The number of halogens is 2. The van der Waals surface area contributed by atoms with E-state index >= 15 is 0 Å². The highest BCUT2D eigenvalue weighted by Crippen LogP contribution is 2.41. The Morgan fingerprint density at radius 1 is 1.07 bits per heavy atom. The van der Waals surface area contributed by atoms with Gasteiger partial charge in [-0.2, -0.15) is 0 Å². The number of nitrogens with zero attached hydrogens (tertiary/aromatic N) is 2. The first-order chi connectivity index (χ1) is 19.2. The Hall–Kier alpha value is -3.00. The van der Waals surface area contributed by atoms with Gasteiger partial charge in [-0.25, -0.2) is 4.39 Å². The van der Waals surface area contributed by atoms with Gasteiger partial charge in [0.05, 0.1) is 16.8 Å². The molecule has 0 radical (unpaired) electrons. The Morgan fingerprint density at radius 3 is 2.40 bits per heavy atom. The quantitative estimate of drug-likeness (QED) is 0.242. The fourth-order valence-electron chi connectivity index (χ4n) is 5.87. The minimum atomic E-state index is -0.357. The van der Waals surface area contributed by atoms with Crippen LogP contribution in [0.1, 0.15) is 57.9 Å². The Bertz CT molecular complexity index is 1540. The summed E-state index contributed by atoms with van der Waals surface area (Å²) in [6.07, 6.45) is 3.70. The maximum absolute atomic E-state index is 14.8. The van der Waals surface area contributed by atoms with Crippen molar-refractivity contribution in [2.24, 2.45) is 0 Å². The van der Waals surface area contributed by atoms with Gasteiger partial charge in [0, 0.05) is 41.0 Å². The van der Waals surface area contributed by atoms with Gasteiger partial charge in [-0.1, -0.05) is 23.7 Å². The summed E-state index contributed by atoms with van der Waals surface area (Å²) >= 11 is 7.96. The number of hydrogen-bond acceptors (Lipinski definition) is 5. The van der Waals surface area contributed by atoms with Crippen LogP contribution in [0.3, 0.4) is 0 Å². The standard InChI is InChI=1S/C32H35ClFN3O2S/c1-18-6-12-26(34)30-28(18)29(33)31(40-30)32(38)37(25-10-8-24(35-4)9-11-25)17-23-16-21(7-13-27(23)39-5)22-14-19(2)36-20(3)15-22/h6-7,12-16,24-25,35H,8-11,17H2,1-5H3/t24-,25-. The van der Waals surface area contributed by atoms with Crippen LogP contribution in [-0.2, 0) is 6.54 Å². The van der Waals surface area contributed by atoms with E-state index in [-0.39, 0.29) is 17.8 Å². The van der Waals surface area contributed by atoms with Crippen LogP contribution < -0.4 is 10.1 Å². The third kappa shape index (κ3) is 5.60. The van der Waals surface area contributed by atoms with Gasteiger partial charge in [-0.15, -0.1) is 11.3 Å². The number of methoxy groups -OCH3 is 1. The summed E-state index contributed by atoms with van der Waals surface area (Å²) in [4.78, 5) is 21.2. The molecule has 210 valence electrons. The molecule has 0 aliphatic heterocycles. The van der Waals surface area contributed by atoms with Crippen molar-refractivity contribution in [1.82, 2.24) is 15.2 Å². The number of nitrogens with one attached hydrogen (secondary N) is 1. The lowest BCUT2D eigenvalue weighted by molar-refractivity contribution is 0.0604. The predicted molar refractivity (Wildman–Crippen MR) is 162 cm³/mol. The van der Waals surface area contributed by atoms with Gasteiger partial charge in [0.1, 0.15) is 16.4 Å². The Balaban J connectivity index is 1.57. The second-order valence-corrected chi connectivity index (χ2v) is 12.1. The highest BCUT2D eigenvalue weighted by molar-refractivity contribution is 7.21. The number of carbonyl (C=O) groups is 1. The lowest BCUT2D eigenvalue weighted by Crippen LogP contribution is -2.44. The number of aromatic nitrogens is 1. The molecule has 1 fully saturated rings. The molecule has 0 spiro atoms. The van der Waals surface area contributed by atoms with E-state index in [9.17, 15) is 9.18 Å². The molecular formula is C32H35ClFN3O2S. The van der Waals surface area contributed by atoms with Gasteiger partial charge in [-0.05, 0) is 101 Å². The Kier molecular flexibility index (Phi) is 8.45. The lowest BCUT2D eigenvalue weighted by atomic mass is 9.89.